The van der Waals surface area contributed by atoms with Gasteiger partial charge in [-0.25, -0.2) is 4.79 Å². The molecule has 0 fully saturated rings. The lowest BCUT2D eigenvalue weighted by Crippen LogP contribution is -2.42. The van der Waals surface area contributed by atoms with Crippen LogP contribution in [0.1, 0.15) is 47.5 Å². The first-order valence-electron chi connectivity index (χ1n) is 6.83. The third kappa shape index (κ3) is 11.6. The van der Waals surface area contributed by atoms with Crippen molar-refractivity contribution in [1.29, 1.82) is 0 Å². The smallest absolute Gasteiger partial charge is 0.314 e. The lowest BCUT2D eigenvalue weighted by Gasteiger charge is -2.21. The van der Waals surface area contributed by atoms with E-state index in [0.717, 1.165) is 6.42 Å². The highest BCUT2D eigenvalue weighted by Gasteiger charge is 2.17. The van der Waals surface area contributed by atoms with Crippen molar-refractivity contribution in [3.8, 4) is 0 Å². The molecule has 0 aromatic heterocycles. The Morgan fingerprint density at radius 2 is 1.74 bits per heavy atom. The van der Waals surface area contributed by atoms with Gasteiger partial charge in [-0.3, -0.25) is 4.79 Å². The van der Waals surface area contributed by atoms with Crippen LogP contribution < -0.4 is 10.6 Å². The van der Waals surface area contributed by atoms with Gasteiger partial charge in [-0.05, 0) is 23.7 Å². The maximum atomic E-state index is 11.6. The molecule has 112 valence electrons. The second kappa shape index (κ2) is 8.02. The number of carbonyl (C=O) groups is 2. The van der Waals surface area contributed by atoms with E-state index in [9.17, 15) is 9.59 Å². The standard InChI is InChI=1S/C14H28N2O3/c1-10(2)6-11(7-12(17)18)8-15-13(19)16-9-14(3,4)5/h10-11H,6-9H2,1-5H3,(H,17,18)(H2,15,16,19). The summed E-state index contributed by atoms with van der Waals surface area (Å²) in [5, 5.41) is 14.4. The number of hydrogen-bond donors (Lipinski definition) is 3. The maximum Gasteiger partial charge on any atom is 0.314 e. The topological polar surface area (TPSA) is 78.4 Å². The normalized spacial score (nSPS) is 13.2. The highest BCUT2D eigenvalue weighted by Crippen LogP contribution is 2.14. The fourth-order valence-corrected chi connectivity index (χ4v) is 1.80. The third-order valence-corrected chi connectivity index (χ3v) is 2.60. The molecule has 1 unspecified atom stereocenters. The molecule has 0 spiro atoms. The van der Waals surface area contributed by atoms with E-state index < -0.39 is 5.97 Å². The van der Waals surface area contributed by atoms with Crippen LogP contribution in [0.15, 0.2) is 0 Å². The van der Waals surface area contributed by atoms with E-state index in [1.165, 1.54) is 0 Å². The number of carboxylic acid groups (broad SMARTS) is 1. The molecule has 0 aromatic carbocycles. The number of carbonyl (C=O) groups excluding carboxylic acids is 1. The molecule has 5 heteroatoms. The second-order valence-corrected chi connectivity index (χ2v) is 6.72. The number of carboxylic acids is 1. The minimum absolute atomic E-state index is 0.0158. The van der Waals surface area contributed by atoms with Crippen molar-refractivity contribution in [1.82, 2.24) is 10.6 Å². The Hall–Kier alpha value is -1.26. The van der Waals surface area contributed by atoms with E-state index in [1.54, 1.807) is 0 Å². The average Bonchev–Trinajstić information content (AvgIpc) is 2.20. The maximum absolute atomic E-state index is 11.6. The first kappa shape index (κ1) is 17.7. The van der Waals surface area contributed by atoms with Gasteiger partial charge in [-0.2, -0.15) is 0 Å². The predicted molar refractivity (Wildman–Crippen MR) is 76.1 cm³/mol. The Morgan fingerprint density at radius 3 is 2.16 bits per heavy atom. The van der Waals surface area contributed by atoms with Crippen molar-refractivity contribution < 1.29 is 14.7 Å². The van der Waals surface area contributed by atoms with Gasteiger partial charge in [-0.1, -0.05) is 34.6 Å². The molecule has 0 aliphatic rings. The van der Waals surface area contributed by atoms with Crippen LogP contribution in [0.4, 0.5) is 4.79 Å². The molecular formula is C14H28N2O3. The van der Waals surface area contributed by atoms with Gasteiger partial charge in [0.15, 0.2) is 0 Å². The van der Waals surface area contributed by atoms with Gasteiger partial charge < -0.3 is 15.7 Å². The van der Waals surface area contributed by atoms with E-state index in [0.29, 0.717) is 19.0 Å². The number of urea groups is 1. The van der Waals surface area contributed by atoms with Crippen LogP contribution in [0, 0.1) is 17.3 Å². The van der Waals surface area contributed by atoms with Crippen LogP contribution in [-0.2, 0) is 4.79 Å². The Kier molecular flexibility index (Phi) is 7.49. The molecular weight excluding hydrogens is 244 g/mol. The Balaban J connectivity index is 4.08. The fraction of sp³-hybridized carbons (Fsp3) is 0.857. The summed E-state index contributed by atoms with van der Waals surface area (Å²) < 4.78 is 0. The summed E-state index contributed by atoms with van der Waals surface area (Å²) in [5.74, 6) is -0.413. The van der Waals surface area contributed by atoms with Crippen LogP contribution in [0.25, 0.3) is 0 Å². The minimum atomic E-state index is -0.817. The Labute approximate surface area is 116 Å². The largest absolute Gasteiger partial charge is 0.481 e. The summed E-state index contributed by atoms with van der Waals surface area (Å²) in [6.45, 7) is 11.2. The summed E-state index contributed by atoms with van der Waals surface area (Å²) >= 11 is 0. The summed E-state index contributed by atoms with van der Waals surface area (Å²) in [4.78, 5) is 22.4. The van der Waals surface area contributed by atoms with E-state index in [-0.39, 0.29) is 23.8 Å². The molecule has 2 amide bonds. The summed E-state index contributed by atoms with van der Waals surface area (Å²) in [6.07, 6.45) is 0.892. The van der Waals surface area contributed by atoms with E-state index in [2.05, 4.69) is 24.5 Å². The average molecular weight is 272 g/mol. The summed E-state index contributed by atoms with van der Waals surface area (Å²) in [5.41, 5.74) is 0.0374. The number of amides is 2. The Morgan fingerprint density at radius 1 is 1.16 bits per heavy atom. The zero-order valence-corrected chi connectivity index (χ0v) is 12.7. The van der Waals surface area contributed by atoms with Gasteiger partial charge in [0, 0.05) is 19.5 Å². The molecule has 0 saturated carbocycles. The van der Waals surface area contributed by atoms with Crippen molar-refractivity contribution >= 4 is 12.0 Å². The van der Waals surface area contributed by atoms with E-state index >= 15 is 0 Å². The van der Waals surface area contributed by atoms with Crippen LogP contribution in [0.2, 0.25) is 0 Å². The monoisotopic (exact) mass is 272 g/mol. The lowest BCUT2D eigenvalue weighted by molar-refractivity contribution is -0.138. The molecule has 0 bridgehead atoms. The number of nitrogens with one attached hydrogen (secondary N) is 2. The molecule has 0 rings (SSSR count). The molecule has 5 nitrogen and oxygen atoms in total. The molecule has 0 radical (unpaired) electrons. The van der Waals surface area contributed by atoms with Gasteiger partial charge in [0.1, 0.15) is 0 Å². The first-order valence-corrected chi connectivity index (χ1v) is 6.83. The number of rotatable bonds is 7. The zero-order chi connectivity index (χ0) is 15.1. The van der Waals surface area contributed by atoms with Gasteiger partial charge >= 0.3 is 12.0 Å². The highest BCUT2D eigenvalue weighted by atomic mass is 16.4. The van der Waals surface area contributed by atoms with Gasteiger partial charge in [0.05, 0.1) is 0 Å². The first-order chi connectivity index (χ1) is 8.60. The summed E-state index contributed by atoms with van der Waals surface area (Å²) in [7, 11) is 0. The molecule has 3 N–H and O–H groups in total. The van der Waals surface area contributed by atoms with Crippen molar-refractivity contribution in [2.75, 3.05) is 13.1 Å². The SMILES string of the molecule is CC(C)CC(CNC(=O)NCC(C)(C)C)CC(=O)O. The molecule has 1 atom stereocenters. The third-order valence-electron chi connectivity index (χ3n) is 2.60. The molecule has 0 aromatic rings. The van der Waals surface area contributed by atoms with Crippen molar-refractivity contribution in [3.05, 3.63) is 0 Å². The molecule has 0 aliphatic heterocycles. The van der Waals surface area contributed by atoms with Crippen molar-refractivity contribution in [2.24, 2.45) is 17.3 Å². The lowest BCUT2D eigenvalue weighted by atomic mass is 9.94. The van der Waals surface area contributed by atoms with Crippen LogP contribution in [0.3, 0.4) is 0 Å². The van der Waals surface area contributed by atoms with Gasteiger partial charge in [-0.15, -0.1) is 0 Å². The van der Waals surface area contributed by atoms with Crippen LogP contribution in [-0.4, -0.2) is 30.2 Å². The quantitative estimate of drug-likeness (QED) is 0.666. The van der Waals surface area contributed by atoms with E-state index in [1.807, 2.05) is 20.8 Å². The van der Waals surface area contributed by atoms with Crippen molar-refractivity contribution in [2.45, 2.75) is 47.5 Å². The zero-order valence-electron chi connectivity index (χ0n) is 12.7. The van der Waals surface area contributed by atoms with Gasteiger partial charge in [0.25, 0.3) is 0 Å². The van der Waals surface area contributed by atoms with E-state index in [4.69, 9.17) is 5.11 Å². The Bertz CT molecular complexity index is 296. The minimum Gasteiger partial charge on any atom is -0.481 e. The number of aliphatic carboxylic acids is 1. The fourth-order valence-electron chi connectivity index (χ4n) is 1.80. The van der Waals surface area contributed by atoms with Crippen LogP contribution >= 0.6 is 0 Å². The number of hydrogen-bond acceptors (Lipinski definition) is 2. The summed E-state index contributed by atoms with van der Waals surface area (Å²) in [6, 6.07) is -0.228. The highest BCUT2D eigenvalue weighted by molar-refractivity contribution is 5.74. The molecule has 0 heterocycles. The predicted octanol–water partition coefficient (Wildman–Crippen LogP) is 2.47. The molecule has 0 saturated heterocycles. The van der Waals surface area contributed by atoms with Crippen LogP contribution in [0.5, 0.6) is 0 Å². The van der Waals surface area contributed by atoms with Crippen molar-refractivity contribution in [3.63, 3.8) is 0 Å². The second-order valence-electron chi connectivity index (χ2n) is 6.72. The molecule has 19 heavy (non-hydrogen) atoms. The molecule has 0 aliphatic carbocycles. The van der Waals surface area contributed by atoms with Gasteiger partial charge in [0.2, 0.25) is 0 Å².